The zero-order valence-corrected chi connectivity index (χ0v) is 24.4. The van der Waals surface area contributed by atoms with Gasteiger partial charge in [-0.05, 0) is 62.5 Å². The van der Waals surface area contributed by atoms with Crippen molar-refractivity contribution < 1.29 is 4.42 Å². The SMILES string of the molecule is CC12C=CC=CC1=CC=CC2c1c2ccccc2c(-c2oc3ccccc3c2-c2ccc3ncccc3c2)c2ccccc12. The number of nitrogens with zero attached hydrogens (tertiary/aromatic N) is 1. The van der Waals surface area contributed by atoms with E-state index in [1.165, 1.54) is 32.7 Å². The van der Waals surface area contributed by atoms with Crippen LogP contribution in [0.25, 0.3) is 65.9 Å². The van der Waals surface area contributed by atoms with Crippen LogP contribution in [0.2, 0.25) is 0 Å². The van der Waals surface area contributed by atoms with Crippen molar-refractivity contribution >= 4 is 43.4 Å². The van der Waals surface area contributed by atoms with Crippen LogP contribution in [0.1, 0.15) is 18.4 Å². The van der Waals surface area contributed by atoms with Gasteiger partial charge in [0.1, 0.15) is 11.3 Å². The summed E-state index contributed by atoms with van der Waals surface area (Å²) in [6.07, 6.45) is 17.7. The number of allylic oxidation sites excluding steroid dienone is 8. The molecule has 2 aliphatic carbocycles. The molecule has 0 bridgehead atoms. The molecule has 0 N–H and O–H groups in total. The van der Waals surface area contributed by atoms with Crippen molar-refractivity contribution in [1.29, 1.82) is 0 Å². The summed E-state index contributed by atoms with van der Waals surface area (Å²) in [5.41, 5.74) is 7.81. The molecule has 0 fully saturated rings. The van der Waals surface area contributed by atoms with Crippen LogP contribution >= 0.6 is 0 Å². The third-order valence-corrected chi connectivity index (χ3v) is 9.68. The molecule has 0 spiro atoms. The topological polar surface area (TPSA) is 26.0 Å². The van der Waals surface area contributed by atoms with Gasteiger partial charge in [-0.2, -0.15) is 0 Å². The van der Waals surface area contributed by atoms with Gasteiger partial charge in [-0.1, -0.05) is 128 Å². The smallest absolute Gasteiger partial charge is 0.144 e. The van der Waals surface area contributed by atoms with Crippen molar-refractivity contribution in [3.63, 3.8) is 0 Å². The van der Waals surface area contributed by atoms with Crippen molar-refractivity contribution in [1.82, 2.24) is 4.98 Å². The van der Waals surface area contributed by atoms with E-state index in [9.17, 15) is 0 Å². The predicted octanol–water partition coefficient (Wildman–Crippen LogP) is 11.3. The van der Waals surface area contributed by atoms with Crippen LogP contribution in [0.5, 0.6) is 0 Å². The summed E-state index contributed by atoms with van der Waals surface area (Å²) in [4.78, 5) is 4.57. The third-order valence-electron chi connectivity index (χ3n) is 9.68. The van der Waals surface area contributed by atoms with Crippen LogP contribution in [0.15, 0.2) is 162 Å². The zero-order chi connectivity index (χ0) is 29.3. The highest BCUT2D eigenvalue weighted by molar-refractivity contribution is 6.18. The van der Waals surface area contributed by atoms with Crippen molar-refractivity contribution in [3.05, 3.63) is 163 Å². The van der Waals surface area contributed by atoms with Gasteiger partial charge in [0, 0.05) is 39.4 Å². The summed E-state index contributed by atoms with van der Waals surface area (Å²) < 4.78 is 6.90. The maximum atomic E-state index is 6.90. The molecule has 208 valence electrons. The summed E-state index contributed by atoms with van der Waals surface area (Å²) in [6.45, 7) is 2.37. The summed E-state index contributed by atoms with van der Waals surface area (Å²) in [5, 5.41) is 7.15. The van der Waals surface area contributed by atoms with Crippen LogP contribution in [-0.2, 0) is 0 Å². The van der Waals surface area contributed by atoms with Gasteiger partial charge >= 0.3 is 0 Å². The Kier molecular flexibility index (Phi) is 5.42. The first-order valence-electron chi connectivity index (χ1n) is 15.3. The van der Waals surface area contributed by atoms with Crippen molar-refractivity contribution in [2.45, 2.75) is 12.8 Å². The molecule has 2 heterocycles. The predicted molar refractivity (Wildman–Crippen MR) is 184 cm³/mol. The Morgan fingerprint density at radius 2 is 1.41 bits per heavy atom. The molecule has 2 heteroatoms. The molecule has 0 aliphatic heterocycles. The quantitative estimate of drug-likeness (QED) is 0.200. The van der Waals surface area contributed by atoms with E-state index in [-0.39, 0.29) is 11.3 Å². The first-order chi connectivity index (χ1) is 21.7. The highest BCUT2D eigenvalue weighted by atomic mass is 16.3. The first-order valence-corrected chi connectivity index (χ1v) is 15.3. The number of hydrogen-bond acceptors (Lipinski definition) is 2. The Morgan fingerprint density at radius 3 is 2.20 bits per heavy atom. The first kappa shape index (κ1) is 25.1. The molecule has 44 heavy (non-hydrogen) atoms. The van der Waals surface area contributed by atoms with Crippen LogP contribution in [0.3, 0.4) is 0 Å². The molecular formula is C42H29NO. The second-order valence-corrected chi connectivity index (χ2v) is 12.1. The van der Waals surface area contributed by atoms with Crippen LogP contribution in [0.4, 0.5) is 0 Å². The van der Waals surface area contributed by atoms with Gasteiger partial charge in [0.25, 0.3) is 0 Å². The average Bonchev–Trinajstić information content (AvgIpc) is 3.45. The minimum atomic E-state index is -0.139. The Hall–Kier alpha value is -5.47. The fourth-order valence-electron chi connectivity index (χ4n) is 7.56. The van der Waals surface area contributed by atoms with Gasteiger partial charge in [0.2, 0.25) is 0 Å². The molecule has 2 aliphatic rings. The maximum Gasteiger partial charge on any atom is 0.144 e. The number of pyridine rings is 1. The molecule has 0 radical (unpaired) electrons. The number of hydrogen-bond donors (Lipinski definition) is 0. The Labute approximate surface area is 256 Å². The van der Waals surface area contributed by atoms with Crippen LogP contribution < -0.4 is 0 Å². The zero-order valence-electron chi connectivity index (χ0n) is 24.4. The molecule has 0 amide bonds. The van der Waals surface area contributed by atoms with Gasteiger partial charge < -0.3 is 4.42 Å². The lowest BCUT2D eigenvalue weighted by Crippen LogP contribution is -2.27. The second kappa shape index (κ2) is 9.52. The van der Waals surface area contributed by atoms with Crippen molar-refractivity contribution in [3.8, 4) is 22.5 Å². The highest BCUT2D eigenvalue weighted by Gasteiger charge is 2.38. The third kappa shape index (κ3) is 3.58. The lowest BCUT2D eigenvalue weighted by molar-refractivity contribution is 0.463. The summed E-state index contributed by atoms with van der Waals surface area (Å²) >= 11 is 0. The second-order valence-electron chi connectivity index (χ2n) is 12.1. The summed E-state index contributed by atoms with van der Waals surface area (Å²) in [6, 6.07) is 36.8. The molecular weight excluding hydrogens is 534 g/mol. The summed E-state index contributed by atoms with van der Waals surface area (Å²) in [7, 11) is 0. The van der Waals surface area contributed by atoms with E-state index >= 15 is 0 Å². The lowest BCUT2D eigenvalue weighted by Gasteiger charge is -2.40. The summed E-state index contributed by atoms with van der Waals surface area (Å²) in [5.74, 6) is 1.08. The molecule has 5 aromatic carbocycles. The Morgan fingerprint density at radius 1 is 0.682 bits per heavy atom. The van der Waals surface area contributed by atoms with Crippen LogP contribution in [-0.4, -0.2) is 4.98 Å². The van der Waals surface area contributed by atoms with Crippen LogP contribution in [0, 0.1) is 5.41 Å². The molecule has 7 aromatic rings. The van der Waals surface area contributed by atoms with E-state index in [1.54, 1.807) is 0 Å². The number of aromatic nitrogens is 1. The van der Waals surface area contributed by atoms with E-state index < -0.39 is 0 Å². The number of para-hydroxylation sites is 1. The van der Waals surface area contributed by atoms with E-state index in [1.807, 2.05) is 12.3 Å². The van der Waals surface area contributed by atoms with Gasteiger partial charge in [0.05, 0.1) is 5.52 Å². The Bertz CT molecular complexity index is 2360. The van der Waals surface area contributed by atoms with E-state index in [0.717, 1.165) is 44.3 Å². The molecule has 2 atom stereocenters. The van der Waals surface area contributed by atoms with Crippen molar-refractivity contribution in [2.75, 3.05) is 0 Å². The minimum absolute atomic E-state index is 0.139. The average molecular weight is 564 g/mol. The molecule has 9 rings (SSSR count). The monoisotopic (exact) mass is 563 g/mol. The Balaban J connectivity index is 1.39. The molecule has 2 aromatic heterocycles. The number of benzene rings is 5. The van der Waals surface area contributed by atoms with E-state index in [0.29, 0.717) is 0 Å². The highest BCUT2D eigenvalue weighted by Crippen LogP contribution is 2.54. The fourth-order valence-corrected chi connectivity index (χ4v) is 7.56. The molecule has 0 saturated carbocycles. The standard InChI is InChI=1S/C42H29NO/c1-42-24-9-8-13-29(42)14-10-20-35(42)39-30-15-2-4-17-32(30)40(33-18-5-3-16-31(33)39)41-38(34-19-6-7-21-37(34)44-41)28-22-23-36-27(26-28)12-11-25-43-36/h2-26,35H,1H3. The van der Waals surface area contributed by atoms with Gasteiger partial charge in [0.15, 0.2) is 0 Å². The van der Waals surface area contributed by atoms with Gasteiger partial charge in [-0.15, -0.1) is 0 Å². The maximum absolute atomic E-state index is 6.90. The molecule has 0 saturated heterocycles. The van der Waals surface area contributed by atoms with Crippen molar-refractivity contribution in [2.24, 2.45) is 5.41 Å². The van der Waals surface area contributed by atoms with E-state index in [2.05, 4.69) is 152 Å². The lowest BCUT2D eigenvalue weighted by atomic mass is 9.63. The number of furan rings is 1. The van der Waals surface area contributed by atoms with E-state index in [4.69, 9.17) is 4.42 Å². The normalized spacial score (nSPS) is 19.2. The molecule has 2 unspecified atom stereocenters. The molecule has 2 nitrogen and oxygen atoms in total. The number of rotatable bonds is 3. The minimum Gasteiger partial charge on any atom is -0.455 e. The largest absolute Gasteiger partial charge is 0.455 e. The number of fused-ring (bicyclic) bond motifs is 5. The van der Waals surface area contributed by atoms with Gasteiger partial charge in [-0.3, -0.25) is 4.98 Å². The fraction of sp³-hybridized carbons (Fsp3) is 0.0714. The van der Waals surface area contributed by atoms with Gasteiger partial charge in [-0.25, -0.2) is 0 Å².